The van der Waals surface area contributed by atoms with Crippen molar-refractivity contribution in [2.24, 2.45) is 7.05 Å². The summed E-state index contributed by atoms with van der Waals surface area (Å²) < 4.78 is 49.1. The molecular weight excluding hydrogens is 547 g/mol. The third-order valence-corrected chi connectivity index (χ3v) is 6.46. The van der Waals surface area contributed by atoms with E-state index in [0.29, 0.717) is 0 Å². The van der Waals surface area contributed by atoms with Crippen LogP contribution >= 0.6 is 0 Å². The molecule has 4 rings (SSSR count). The van der Waals surface area contributed by atoms with Gasteiger partial charge in [0.1, 0.15) is 17.6 Å². The quantitative estimate of drug-likeness (QED) is 0.273. The first-order valence-electron chi connectivity index (χ1n) is 12.7. The highest BCUT2D eigenvalue weighted by molar-refractivity contribution is 5.78. The molecule has 2 N–H and O–H groups in total. The third-order valence-electron chi connectivity index (χ3n) is 6.46. The Hall–Kier alpha value is -4.53. The fourth-order valence-corrected chi connectivity index (χ4v) is 4.17. The van der Waals surface area contributed by atoms with Gasteiger partial charge in [-0.05, 0) is 32.0 Å². The standard InChI is InChI=1S/C26H28F3N7O5/c1-5-16(37)12-35-24(39)20-21(34(4)25(35)40)31-13-36(20)14(3)22(38)33-19-9-7-8-18(32-19)15-10-17(26(27,28)29)23(30-11-15)41-6-2/h7-11,13-14,22,38H,5-6,12H2,1-4H3,(H,32,33)/t14-,22?/m0/s1. The highest BCUT2D eigenvalue weighted by atomic mass is 19.4. The molecule has 1 unspecified atom stereocenters. The number of aliphatic hydroxyl groups excluding tert-OH is 1. The number of aliphatic hydroxyl groups is 1. The molecule has 0 saturated carbocycles. The van der Waals surface area contributed by atoms with Crippen LogP contribution in [0.25, 0.3) is 22.4 Å². The van der Waals surface area contributed by atoms with Crippen LogP contribution in [0.5, 0.6) is 5.88 Å². The molecule has 0 aliphatic carbocycles. The van der Waals surface area contributed by atoms with Gasteiger partial charge in [0, 0.05) is 25.2 Å². The highest BCUT2D eigenvalue weighted by Crippen LogP contribution is 2.37. The number of ether oxygens (including phenoxy) is 1. The minimum Gasteiger partial charge on any atom is -0.478 e. The van der Waals surface area contributed by atoms with Crippen LogP contribution in [0.1, 0.15) is 38.8 Å². The summed E-state index contributed by atoms with van der Waals surface area (Å²) in [4.78, 5) is 50.1. The maximum atomic E-state index is 13.6. The number of nitrogens with one attached hydrogen (secondary N) is 1. The molecule has 0 radical (unpaired) electrons. The minimum atomic E-state index is -4.70. The predicted octanol–water partition coefficient (Wildman–Crippen LogP) is 2.74. The smallest absolute Gasteiger partial charge is 0.421 e. The van der Waals surface area contributed by atoms with E-state index in [1.54, 1.807) is 20.8 Å². The summed E-state index contributed by atoms with van der Waals surface area (Å²) in [6, 6.07) is 4.58. The van der Waals surface area contributed by atoms with Crippen molar-refractivity contribution in [3.63, 3.8) is 0 Å². The molecule has 4 aromatic rings. The van der Waals surface area contributed by atoms with Gasteiger partial charge in [0.05, 0.1) is 31.2 Å². The van der Waals surface area contributed by atoms with Gasteiger partial charge in [-0.15, -0.1) is 0 Å². The van der Waals surface area contributed by atoms with Crippen molar-refractivity contribution < 1.29 is 27.8 Å². The number of hydrogen-bond donors (Lipinski definition) is 2. The van der Waals surface area contributed by atoms with E-state index in [9.17, 15) is 32.7 Å². The number of nitrogens with zero attached hydrogens (tertiary/aromatic N) is 6. The highest BCUT2D eigenvalue weighted by Gasteiger charge is 2.36. The molecule has 0 fully saturated rings. The first-order valence-corrected chi connectivity index (χ1v) is 12.7. The predicted molar refractivity (Wildman–Crippen MR) is 143 cm³/mol. The normalized spacial score (nSPS) is 13.3. The van der Waals surface area contributed by atoms with Crippen molar-refractivity contribution in [2.75, 3.05) is 11.9 Å². The van der Waals surface area contributed by atoms with Crippen molar-refractivity contribution >= 4 is 22.8 Å². The number of fused-ring (bicyclic) bond motifs is 1. The molecule has 4 heterocycles. The molecule has 0 amide bonds. The molecule has 0 aliphatic rings. The number of imidazole rings is 1. The van der Waals surface area contributed by atoms with Crippen LogP contribution in [0.4, 0.5) is 19.0 Å². The fraction of sp³-hybridized carbons (Fsp3) is 0.385. The number of halogens is 3. The summed E-state index contributed by atoms with van der Waals surface area (Å²) in [6.45, 7) is 4.37. The van der Waals surface area contributed by atoms with Crippen molar-refractivity contribution in [3.8, 4) is 17.1 Å². The minimum absolute atomic E-state index is 0.00575. The van der Waals surface area contributed by atoms with Crippen LogP contribution in [0, 0.1) is 0 Å². The van der Waals surface area contributed by atoms with Gasteiger partial charge in [0.2, 0.25) is 5.88 Å². The second kappa shape index (κ2) is 11.5. The summed E-state index contributed by atoms with van der Waals surface area (Å²) in [5.74, 6) is -0.710. The maximum absolute atomic E-state index is 13.6. The van der Waals surface area contributed by atoms with Crippen LogP contribution in [0.3, 0.4) is 0 Å². The first kappa shape index (κ1) is 29.5. The molecule has 0 spiro atoms. The number of rotatable bonds is 10. The van der Waals surface area contributed by atoms with Crippen LogP contribution in [-0.2, 0) is 24.6 Å². The molecule has 15 heteroatoms. The molecule has 12 nitrogen and oxygen atoms in total. The molecule has 41 heavy (non-hydrogen) atoms. The Kier molecular flexibility index (Phi) is 8.28. The summed E-state index contributed by atoms with van der Waals surface area (Å²) in [5, 5.41) is 13.7. The maximum Gasteiger partial charge on any atom is 0.421 e. The fourth-order valence-electron chi connectivity index (χ4n) is 4.17. The van der Waals surface area contributed by atoms with Crippen LogP contribution < -0.4 is 21.3 Å². The van der Waals surface area contributed by atoms with E-state index in [2.05, 4.69) is 20.3 Å². The number of hydrogen-bond acceptors (Lipinski definition) is 9. The van der Waals surface area contributed by atoms with Crippen LogP contribution in [-0.4, -0.2) is 52.4 Å². The number of pyridine rings is 2. The zero-order valence-corrected chi connectivity index (χ0v) is 22.6. The lowest BCUT2D eigenvalue weighted by molar-refractivity contribution is -0.139. The van der Waals surface area contributed by atoms with Crippen LogP contribution in [0.15, 0.2) is 46.4 Å². The van der Waals surface area contributed by atoms with Gasteiger partial charge >= 0.3 is 11.9 Å². The average Bonchev–Trinajstić information content (AvgIpc) is 3.39. The lowest BCUT2D eigenvalue weighted by atomic mass is 10.1. The van der Waals surface area contributed by atoms with E-state index in [-0.39, 0.29) is 47.1 Å². The number of Topliss-reactive ketones (excluding diaryl/α,β-unsaturated/α-hetero) is 1. The number of carbonyl (C=O) groups excluding carboxylic acids is 1. The van der Waals surface area contributed by atoms with Gasteiger partial charge < -0.3 is 19.7 Å². The summed E-state index contributed by atoms with van der Waals surface area (Å²) in [7, 11) is 1.42. The molecule has 0 aromatic carbocycles. The number of aryl methyl sites for hydroxylation is 1. The number of aromatic nitrogens is 6. The zero-order valence-electron chi connectivity index (χ0n) is 22.6. The van der Waals surface area contributed by atoms with Crippen LogP contribution in [0.2, 0.25) is 0 Å². The number of alkyl halides is 3. The zero-order chi connectivity index (χ0) is 30.1. The van der Waals surface area contributed by atoms with Crippen molar-refractivity contribution in [1.29, 1.82) is 0 Å². The molecule has 218 valence electrons. The van der Waals surface area contributed by atoms with Crippen molar-refractivity contribution in [2.45, 2.75) is 52.2 Å². The van der Waals surface area contributed by atoms with E-state index in [0.717, 1.165) is 15.2 Å². The number of anilines is 1. The van der Waals surface area contributed by atoms with Gasteiger partial charge in [-0.25, -0.2) is 19.7 Å². The molecule has 0 aliphatic heterocycles. The third kappa shape index (κ3) is 5.84. The van der Waals surface area contributed by atoms with E-state index in [1.807, 2.05) is 0 Å². The Morgan fingerprint density at radius 2 is 1.93 bits per heavy atom. The van der Waals surface area contributed by atoms with E-state index in [4.69, 9.17) is 4.74 Å². The lowest BCUT2D eigenvalue weighted by Crippen LogP contribution is -2.42. The molecule has 4 aromatic heterocycles. The van der Waals surface area contributed by atoms with Gasteiger partial charge in [-0.2, -0.15) is 13.2 Å². The average molecular weight is 576 g/mol. The summed E-state index contributed by atoms with van der Waals surface area (Å²) in [6.07, 6.45) is -3.42. The topological polar surface area (TPSA) is 146 Å². The SMILES string of the molecule is CCOc1ncc(-c2cccc(NC(O)[C@H](C)n3cnc4c3c(=O)n(CC(=O)CC)c(=O)n4C)n2)cc1C(F)(F)F. The van der Waals surface area contributed by atoms with Gasteiger partial charge in [-0.1, -0.05) is 13.0 Å². The molecule has 0 saturated heterocycles. The monoisotopic (exact) mass is 575 g/mol. The van der Waals surface area contributed by atoms with E-state index >= 15 is 0 Å². The Labute approximate surface area is 231 Å². The van der Waals surface area contributed by atoms with Gasteiger partial charge in [0.15, 0.2) is 16.9 Å². The second-order valence-corrected chi connectivity index (χ2v) is 9.19. The molecule has 0 bridgehead atoms. The lowest BCUT2D eigenvalue weighted by Gasteiger charge is -2.22. The van der Waals surface area contributed by atoms with E-state index < -0.39 is 47.7 Å². The summed E-state index contributed by atoms with van der Waals surface area (Å²) in [5.41, 5.74) is -2.16. The second-order valence-electron chi connectivity index (χ2n) is 9.19. The van der Waals surface area contributed by atoms with Crippen molar-refractivity contribution in [3.05, 3.63) is 63.2 Å². The number of ketones is 1. The van der Waals surface area contributed by atoms with Gasteiger partial charge in [0.25, 0.3) is 5.56 Å². The summed E-state index contributed by atoms with van der Waals surface area (Å²) >= 11 is 0. The first-order chi connectivity index (χ1) is 19.4. The van der Waals surface area contributed by atoms with Crippen molar-refractivity contribution in [1.82, 2.24) is 28.7 Å². The Balaban J connectivity index is 1.65. The van der Waals surface area contributed by atoms with E-state index in [1.165, 1.54) is 42.3 Å². The Morgan fingerprint density at radius 3 is 2.59 bits per heavy atom. The largest absolute Gasteiger partial charge is 0.478 e. The Bertz CT molecular complexity index is 1710. The molecule has 2 atom stereocenters. The van der Waals surface area contributed by atoms with Gasteiger partial charge in [-0.3, -0.25) is 18.7 Å². The molecular formula is C26H28F3N7O5. The Morgan fingerprint density at radius 1 is 1.20 bits per heavy atom. The number of carbonyl (C=O) groups is 1.